The molecule has 2 aromatic rings. The molecule has 0 saturated heterocycles. The second-order valence-electron chi connectivity index (χ2n) is 4.54. The van der Waals surface area contributed by atoms with Crippen molar-refractivity contribution in [3.8, 4) is 5.75 Å². The zero-order valence-corrected chi connectivity index (χ0v) is 11.5. The molecule has 0 aromatic heterocycles. The molecule has 0 aliphatic carbocycles. The van der Waals surface area contributed by atoms with Crippen LogP contribution >= 0.6 is 0 Å². The predicted octanol–water partition coefficient (Wildman–Crippen LogP) is 2.79. The summed E-state index contributed by atoms with van der Waals surface area (Å²) >= 11 is 0. The number of ether oxygens (including phenoxy) is 1. The maximum absolute atomic E-state index is 5.81. The largest absolute Gasteiger partial charge is 0.497 e. The normalized spacial score (nSPS) is 10.3. The second-order valence-corrected chi connectivity index (χ2v) is 4.54. The Morgan fingerprint density at radius 2 is 1.84 bits per heavy atom. The van der Waals surface area contributed by atoms with Crippen molar-refractivity contribution >= 4 is 5.69 Å². The lowest BCUT2D eigenvalue weighted by Crippen LogP contribution is -2.19. The van der Waals surface area contributed by atoms with Gasteiger partial charge in [-0.1, -0.05) is 36.4 Å². The maximum atomic E-state index is 5.81. The standard InChI is InChI=1S/C16H20N2O/c1-18(12-13-6-4-3-5-7-13)16-10-15(19-2)9-8-14(16)11-17/h3-10H,11-12,17H2,1-2H3. The highest BCUT2D eigenvalue weighted by molar-refractivity contribution is 5.57. The van der Waals surface area contributed by atoms with E-state index in [1.165, 1.54) is 5.56 Å². The van der Waals surface area contributed by atoms with Crippen molar-refractivity contribution < 1.29 is 4.74 Å². The molecule has 100 valence electrons. The van der Waals surface area contributed by atoms with E-state index in [9.17, 15) is 0 Å². The van der Waals surface area contributed by atoms with Gasteiger partial charge >= 0.3 is 0 Å². The van der Waals surface area contributed by atoms with Gasteiger partial charge in [-0.2, -0.15) is 0 Å². The number of nitrogens with zero attached hydrogens (tertiary/aromatic N) is 1. The third kappa shape index (κ3) is 3.26. The molecule has 0 bridgehead atoms. The minimum atomic E-state index is 0.526. The van der Waals surface area contributed by atoms with Crippen LogP contribution < -0.4 is 15.4 Å². The van der Waals surface area contributed by atoms with Gasteiger partial charge in [-0.3, -0.25) is 0 Å². The van der Waals surface area contributed by atoms with E-state index < -0.39 is 0 Å². The van der Waals surface area contributed by atoms with Crippen molar-refractivity contribution in [1.29, 1.82) is 0 Å². The van der Waals surface area contributed by atoms with Crippen LogP contribution in [0.4, 0.5) is 5.69 Å². The second kappa shape index (κ2) is 6.25. The predicted molar refractivity (Wildman–Crippen MR) is 79.4 cm³/mol. The molecule has 0 radical (unpaired) electrons. The summed E-state index contributed by atoms with van der Waals surface area (Å²) in [6.45, 7) is 1.37. The first-order valence-electron chi connectivity index (χ1n) is 6.36. The van der Waals surface area contributed by atoms with E-state index in [4.69, 9.17) is 10.5 Å². The molecule has 0 aliphatic heterocycles. The van der Waals surface area contributed by atoms with Crippen LogP contribution in [0, 0.1) is 0 Å². The lowest BCUT2D eigenvalue weighted by atomic mass is 10.1. The Balaban J connectivity index is 2.24. The fourth-order valence-electron chi connectivity index (χ4n) is 2.14. The first-order chi connectivity index (χ1) is 9.24. The van der Waals surface area contributed by atoms with Crippen molar-refractivity contribution in [3.63, 3.8) is 0 Å². The van der Waals surface area contributed by atoms with Gasteiger partial charge in [-0.15, -0.1) is 0 Å². The Bertz CT molecular complexity index is 526. The van der Waals surface area contributed by atoms with Crippen LogP contribution in [0.1, 0.15) is 11.1 Å². The summed E-state index contributed by atoms with van der Waals surface area (Å²) in [5, 5.41) is 0. The SMILES string of the molecule is COc1ccc(CN)c(N(C)Cc2ccccc2)c1. The van der Waals surface area contributed by atoms with Gasteiger partial charge in [0.1, 0.15) is 5.75 Å². The number of hydrogen-bond donors (Lipinski definition) is 1. The van der Waals surface area contributed by atoms with Gasteiger partial charge in [0.05, 0.1) is 7.11 Å². The molecule has 2 aromatic carbocycles. The first kappa shape index (κ1) is 13.4. The Labute approximate surface area is 114 Å². The Morgan fingerprint density at radius 1 is 1.11 bits per heavy atom. The van der Waals surface area contributed by atoms with Crippen molar-refractivity contribution in [2.75, 3.05) is 19.1 Å². The molecule has 3 heteroatoms. The molecule has 2 N–H and O–H groups in total. The van der Waals surface area contributed by atoms with E-state index in [1.807, 2.05) is 24.3 Å². The van der Waals surface area contributed by atoms with Gasteiger partial charge in [0.15, 0.2) is 0 Å². The van der Waals surface area contributed by atoms with Gasteiger partial charge in [0.25, 0.3) is 0 Å². The van der Waals surface area contributed by atoms with Crippen LogP contribution in [0.25, 0.3) is 0 Å². The quantitative estimate of drug-likeness (QED) is 0.894. The van der Waals surface area contributed by atoms with E-state index in [1.54, 1.807) is 7.11 Å². The Kier molecular flexibility index (Phi) is 4.42. The van der Waals surface area contributed by atoms with E-state index in [0.717, 1.165) is 23.5 Å². The number of anilines is 1. The number of rotatable bonds is 5. The van der Waals surface area contributed by atoms with Gasteiger partial charge in [-0.05, 0) is 17.2 Å². The molecule has 0 amide bonds. The fraction of sp³-hybridized carbons (Fsp3) is 0.250. The van der Waals surface area contributed by atoms with Crippen LogP contribution in [0.15, 0.2) is 48.5 Å². The van der Waals surface area contributed by atoms with Crippen LogP contribution in [-0.2, 0) is 13.1 Å². The maximum Gasteiger partial charge on any atom is 0.120 e. The minimum Gasteiger partial charge on any atom is -0.497 e. The van der Waals surface area contributed by atoms with Crippen LogP contribution in [-0.4, -0.2) is 14.2 Å². The zero-order chi connectivity index (χ0) is 13.7. The van der Waals surface area contributed by atoms with E-state index in [2.05, 4.69) is 36.2 Å². The minimum absolute atomic E-state index is 0.526. The molecular weight excluding hydrogens is 236 g/mol. The highest BCUT2D eigenvalue weighted by Gasteiger charge is 2.08. The number of benzene rings is 2. The summed E-state index contributed by atoms with van der Waals surface area (Å²) < 4.78 is 5.29. The average Bonchev–Trinajstić information content (AvgIpc) is 2.47. The van der Waals surface area contributed by atoms with Gasteiger partial charge in [0, 0.05) is 31.9 Å². The molecule has 0 unspecified atom stereocenters. The number of methoxy groups -OCH3 is 1. The first-order valence-corrected chi connectivity index (χ1v) is 6.36. The molecule has 0 heterocycles. The summed E-state index contributed by atoms with van der Waals surface area (Å²) in [6.07, 6.45) is 0. The molecule has 0 fully saturated rings. The zero-order valence-electron chi connectivity index (χ0n) is 11.5. The Hall–Kier alpha value is -2.00. The third-order valence-electron chi connectivity index (χ3n) is 3.19. The van der Waals surface area contributed by atoms with Crippen LogP contribution in [0.5, 0.6) is 5.75 Å². The highest BCUT2D eigenvalue weighted by Crippen LogP contribution is 2.26. The lowest BCUT2D eigenvalue weighted by Gasteiger charge is -2.23. The van der Waals surface area contributed by atoms with Crippen molar-refractivity contribution in [3.05, 3.63) is 59.7 Å². The molecule has 0 atom stereocenters. The molecule has 0 aliphatic rings. The summed E-state index contributed by atoms with van der Waals surface area (Å²) in [7, 11) is 3.75. The van der Waals surface area contributed by atoms with Crippen molar-refractivity contribution in [2.45, 2.75) is 13.1 Å². The van der Waals surface area contributed by atoms with E-state index >= 15 is 0 Å². The lowest BCUT2D eigenvalue weighted by molar-refractivity contribution is 0.414. The van der Waals surface area contributed by atoms with Crippen molar-refractivity contribution in [1.82, 2.24) is 0 Å². The summed E-state index contributed by atoms with van der Waals surface area (Å²) in [6, 6.07) is 16.4. The number of nitrogens with two attached hydrogens (primary N) is 1. The van der Waals surface area contributed by atoms with Gasteiger partial charge in [-0.25, -0.2) is 0 Å². The third-order valence-corrected chi connectivity index (χ3v) is 3.19. The molecule has 0 saturated carbocycles. The summed E-state index contributed by atoms with van der Waals surface area (Å²) in [5.41, 5.74) is 9.32. The van der Waals surface area contributed by atoms with Crippen molar-refractivity contribution in [2.24, 2.45) is 5.73 Å². The van der Waals surface area contributed by atoms with E-state index in [-0.39, 0.29) is 0 Å². The van der Waals surface area contributed by atoms with Gasteiger partial charge in [0.2, 0.25) is 0 Å². The highest BCUT2D eigenvalue weighted by atomic mass is 16.5. The summed E-state index contributed by atoms with van der Waals surface area (Å²) in [5.74, 6) is 0.854. The average molecular weight is 256 g/mol. The van der Waals surface area contributed by atoms with Crippen LogP contribution in [0.3, 0.4) is 0 Å². The van der Waals surface area contributed by atoms with Crippen LogP contribution in [0.2, 0.25) is 0 Å². The molecule has 0 spiro atoms. The van der Waals surface area contributed by atoms with Gasteiger partial charge < -0.3 is 15.4 Å². The molecule has 3 nitrogen and oxygen atoms in total. The smallest absolute Gasteiger partial charge is 0.120 e. The summed E-state index contributed by atoms with van der Waals surface area (Å²) in [4.78, 5) is 2.19. The fourth-order valence-corrected chi connectivity index (χ4v) is 2.14. The number of hydrogen-bond acceptors (Lipinski definition) is 3. The molecular formula is C16H20N2O. The Morgan fingerprint density at radius 3 is 2.47 bits per heavy atom. The monoisotopic (exact) mass is 256 g/mol. The van der Waals surface area contributed by atoms with E-state index in [0.29, 0.717) is 6.54 Å². The molecule has 19 heavy (non-hydrogen) atoms. The topological polar surface area (TPSA) is 38.5 Å². The molecule has 2 rings (SSSR count).